The van der Waals surface area contributed by atoms with E-state index in [0.29, 0.717) is 23.5 Å². The predicted octanol–water partition coefficient (Wildman–Crippen LogP) is 3.05. The normalized spacial score (nSPS) is 19.7. The second-order valence-electron chi connectivity index (χ2n) is 8.82. The molecule has 2 amide bonds. The monoisotopic (exact) mass is 446 g/mol. The highest BCUT2D eigenvalue weighted by molar-refractivity contribution is 5.98. The van der Waals surface area contributed by atoms with Crippen molar-refractivity contribution < 1.29 is 19.1 Å². The third-order valence-electron chi connectivity index (χ3n) is 6.60. The fourth-order valence-corrected chi connectivity index (χ4v) is 5.04. The number of ether oxygens (including phenoxy) is 2. The maximum Gasteiger partial charge on any atom is 0.266 e. The van der Waals surface area contributed by atoms with Gasteiger partial charge in [-0.05, 0) is 43.7 Å². The Labute approximate surface area is 191 Å². The first kappa shape index (κ1) is 21.1. The average Bonchev–Trinajstić information content (AvgIpc) is 3.19. The molecule has 3 aromatic rings. The standard InChI is InChI=1S/C25H26N4O4/c1-25(2)23-18(17-7-5-6-8-19(17)27-23)12-20-24(31)28(14-22(30)29(20)25)26-13-15-11-16(32-3)9-10-21(15)33-4/h5-11,13,20,27H,12,14H2,1-4H3. The third-order valence-corrected chi connectivity index (χ3v) is 6.60. The molecule has 1 N–H and O–H groups in total. The molecule has 3 heterocycles. The maximum atomic E-state index is 13.5. The first-order valence-electron chi connectivity index (χ1n) is 10.8. The molecule has 2 aliphatic rings. The minimum atomic E-state index is -0.643. The smallest absolute Gasteiger partial charge is 0.266 e. The number of hydrogen-bond donors (Lipinski definition) is 1. The molecule has 1 atom stereocenters. The lowest BCUT2D eigenvalue weighted by molar-refractivity contribution is -0.163. The van der Waals surface area contributed by atoms with Crippen molar-refractivity contribution >= 4 is 28.9 Å². The summed E-state index contributed by atoms with van der Waals surface area (Å²) in [6.45, 7) is 3.86. The molecular weight excluding hydrogens is 420 g/mol. The highest BCUT2D eigenvalue weighted by atomic mass is 16.5. The van der Waals surface area contributed by atoms with E-state index in [1.54, 1.807) is 37.3 Å². The number of carbonyl (C=O) groups excluding carboxylic acids is 2. The van der Waals surface area contributed by atoms with E-state index in [-0.39, 0.29) is 18.4 Å². The number of piperazine rings is 1. The van der Waals surface area contributed by atoms with E-state index in [9.17, 15) is 9.59 Å². The van der Waals surface area contributed by atoms with Crippen molar-refractivity contribution in [2.45, 2.75) is 31.8 Å². The highest BCUT2D eigenvalue weighted by Gasteiger charge is 2.51. The zero-order chi connectivity index (χ0) is 23.3. The molecule has 170 valence electrons. The molecule has 0 aliphatic carbocycles. The Morgan fingerprint density at radius 2 is 1.91 bits per heavy atom. The van der Waals surface area contributed by atoms with E-state index < -0.39 is 11.6 Å². The fraction of sp³-hybridized carbons (Fsp3) is 0.320. The second kappa shape index (κ2) is 7.65. The number of para-hydroxylation sites is 1. The van der Waals surface area contributed by atoms with Gasteiger partial charge < -0.3 is 19.4 Å². The van der Waals surface area contributed by atoms with Crippen LogP contribution in [-0.2, 0) is 21.5 Å². The number of nitrogens with one attached hydrogen (secondary N) is 1. The number of benzene rings is 2. The minimum absolute atomic E-state index is 0.114. The Kier molecular flexibility index (Phi) is 4.88. The molecule has 8 heteroatoms. The van der Waals surface area contributed by atoms with Gasteiger partial charge in [-0.2, -0.15) is 5.10 Å². The van der Waals surface area contributed by atoms with Crippen molar-refractivity contribution in [2.75, 3.05) is 20.8 Å². The van der Waals surface area contributed by atoms with Gasteiger partial charge in [0, 0.05) is 28.6 Å². The first-order valence-corrected chi connectivity index (χ1v) is 10.8. The summed E-state index contributed by atoms with van der Waals surface area (Å²) in [6, 6.07) is 12.7. The summed E-state index contributed by atoms with van der Waals surface area (Å²) in [4.78, 5) is 32.0. The number of amides is 2. The molecule has 8 nitrogen and oxygen atoms in total. The molecule has 2 aromatic carbocycles. The molecule has 2 aliphatic heterocycles. The van der Waals surface area contributed by atoms with Crippen LogP contribution < -0.4 is 9.47 Å². The minimum Gasteiger partial charge on any atom is -0.497 e. The van der Waals surface area contributed by atoms with Gasteiger partial charge in [-0.1, -0.05) is 18.2 Å². The highest BCUT2D eigenvalue weighted by Crippen LogP contribution is 2.42. The molecular formula is C25H26N4O4. The van der Waals surface area contributed by atoms with Crippen molar-refractivity contribution in [1.29, 1.82) is 0 Å². The van der Waals surface area contributed by atoms with E-state index in [1.165, 1.54) is 11.2 Å². The number of aromatic amines is 1. The van der Waals surface area contributed by atoms with Gasteiger partial charge in [-0.25, -0.2) is 5.01 Å². The van der Waals surface area contributed by atoms with E-state index in [4.69, 9.17) is 9.47 Å². The Hall–Kier alpha value is -3.81. The van der Waals surface area contributed by atoms with Crippen molar-refractivity contribution in [2.24, 2.45) is 5.10 Å². The van der Waals surface area contributed by atoms with Crippen LogP contribution in [0.1, 0.15) is 30.7 Å². The molecule has 5 rings (SSSR count). The lowest BCUT2D eigenvalue weighted by Crippen LogP contribution is -2.66. The summed E-state index contributed by atoms with van der Waals surface area (Å²) in [5, 5.41) is 6.73. The predicted molar refractivity (Wildman–Crippen MR) is 125 cm³/mol. The second-order valence-corrected chi connectivity index (χ2v) is 8.82. The third kappa shape index (κ3) is 3.25. The maximum absolute atomic E-state index is 13.5. The molecule has 0 bridgehead atoms. The van der Waals surface area contributed by atoms with E-state index in [1.807, 2.05) is 32.0 Å². The van der Waals surface area contributed by atoms with Gasteiger partial charge in [0.05, 0.1) is 26.0 Å². The van der Waals surface area contributed by atoms with Crippen LogP contribution in [-0.4, -0.2) is 59.7 Å². The molecule has 1 unspecified atom stereocenters. The van der Waals surface area contributed by atoms with E-state index >= 15 is 0 Å². The van der Waals surface area contributed by atoms with Gasteiger partial charge >= 0.3 is 0 Å². The van der Waals surface area contributed by atoms with Crippen LogP contribution in [0.3, 0.4) is 0 Å². The number of hydrogen-bond acceptors (Lipinski definition) is 5. The largest absolute Gasteiger partial charge is 0.497 e. The summed E-state index contributed by atoms with van der Waals surface area (Å²) in [6.07, 6.45) is 1.98. The van der Waals surface area contributed by atoms with Gasteiger partial charge in [-0.15, -0.1) is 0 Å². The number of aromatic nitrogens is 1. The molecule has 0 spiro atoms. The van der Waals surface area contributed by atoms with Gasteiger partial charge in [0.15, 0.2) is 0 Å². The fourth-order valence-electron chi connectivity index (χ4n) is 5.04. The zero-order valence-electron chi connectivity index (χ0n) is 19.1. The van der Waals surface area contributed by atoms with E-state index in [0.717, 1.165) is 22.2 Å². The molecule has 1 saturated heterocycles. The Bertz CT molecular complexity index is 1290. The molecule has 0 saturated carbocycles. The van der Waals surface area contributed by atoms with Gasteiger partial charge in [0.1, 0.15) is 24.1 Å². The number of hydrazone groups is 1. The number of fused-ring (bicyclic) bond motifs is 4. The van der Waals surface area contributed by atoms with Crippen molar-refractivity contribution in [1.82, 2.24) is 14.9 Å². The molecule has 33 heavy (non-hydrogen) atoms. The number of carbonyl (C=O) groups is 2. The lowest BCUT2D eigenvalue weighted by Gasteiger charge is -2.50. The van der Waals surface area contributed by atoms with Crippen LogP contribution in [0.5, 0.6) is 11.5 Å². The number of H-pyrrole nitrogens is 1. The Morgan fingerprint density at radius 3 is 2.67 bits per heavy atom. The Morgan fingerprint density at radius 1 is 1.12 bits per heavy atom. The quantitative estimate of drug-likeness (QED) is 0.624. The van der Waals surface area contributed by atoms with Crippen LogP contribution in [0.4, 0.5) is 0 Å². The van der Waals surface area contributed by atoms with Gasteiger partial charge in [0.2, 0.25) is 5.91 Å². The van der Waals surface area contributed by atoms with Crippen molar-refractivity contribution in [3.63, 3.8) is 0 Å². The summed E-state index contributed by atoms with van der Waals surface area (Å²) in [7, 11) is 3.14. The molecule has 0 radical (unpaired) electrons. The summed E-state index contributed by atoms with van der Waals surface area (Å²) < 4.78 is 10.7. The summed E-state index contributed by atoms with van der Waals surface area (Å²) in [5.74, 6) is 0.907. The lowest BCUT2D eigenvalue weighted by atomic mass is 9.82. The number of rotatable bonds is 4. The Balaban J connectivity index is 1.50. The van der Waals surface area contributed by atoms with Gasteiger partial charge in [-0.3, -0.25) is 9.59 Å². The SMILES string of the molecule is COc1ccc(OC)c(C=NN2CC(=O)N3C(Cc4c([nH]c5ccccc45)C3(C)C)C2=O)c1. The van der Waals surface area contributed by atoms with Crippen LogP contribution >= 0.6 is 0 Å². The van der Waals surface area contributed by atoms with Crippen LogP contribution in [0, 0.1) is 0 Å². The summed E-state index contributed by atoms with van der Waals surface area (Å²) >= 11 is 0. The van der Waals surface area contributed by atoms with Crippen molar-refractivity contribution in [3.8, 4) is 11.5 Å². The van der Waals surface area contributed by atoms with Crippen LogP contribution in [0.15, 0.2) is 47.6 Å². The average molecular weight is 447 g/mol. The summed E-state index contributed by atoms with van der Waals surface area (Å²) in [5.41, 5.74) is 3.09. The topological polar surface area (TPSA) is 87.2 Å². The number of nitrogens with zero attached hydrogens (tertiary/aromatic N) is 3. The zero-order valence-corrected chi connectivity index (χ0v) is 19.1. The van der Waals surface area contributed by atoms with Gasteiger partial charge in [0.25, 0.3) is 5.91 Å². The number of methoxy groups -OCH3 is 2. The molecule has 1 fully saturated rings. The molecule has 1 aromatic heterocycles. The first-order chi connectivity index (χ1) is 15.8. The van der Waals surface area contributed by atoms with Crippen molar-refractivity contribution in [3.05, 3.63) is 59.3 Å². The van der Waals surface area contributed by atoms with Crippen LogP contribution in [0.2, 0.25) is 0 Å². The van der Waals surface area contributed by atoms with E-state index in [2.05, 4.69) is 16.2 Å². The van der Waals surface area contributed by atoms with Crippen LogP contribution in [0.25, 0.3) is 10.9 Å².